The van der Waals surface area contributed by atoms with E-state index in [2.05, 4.69) is 16.0 Å². The van der Waals surface area contributed by atoms with E-state index < -0.39 is 65.0 Å². The maximum absolute atomic E-state index is 13.9. The molecule has 0 saturated carbocycles. The van der Waals surface area contributed by atoms with Crippen molar-refractivity contribution in [3.8, 4) is 0 Å². The van der Waals surface area contributed by atoms with Crippen LogP contribution in [-0.4, -0.2) is 82.1 Å². The molecule has 0 aromatic heterocycles. The first-order valence-electron chi connectivity index (χ1n) is 16.6. The van der Waals surface area contributed by atoms with Crippen molar-refractivity contribution in [1.29, 1.82) is 0 Å². The first-order valence-corrected chi connectivity index (χ1v) is 16.6. The number of amides is 4. The largest absolute Gasteiger partial charge is 0.480 e. The number of esters is 1. The van der Waals surface area contributed by atoms with Gasteiger partial charge in [-0.05, 0) is 83.9 Å². The monoisotopic (exact) mass is 680 g/mol. The van der Waals surface area contributed by atoms with E-state index in [-0.39, 0.29) is 26.0 Å². The second kappa shape index (κ2) is 17.5. The number of carboxylic acid groups (broad SMARTS) is 1. The molecule has 13 nitrogen and oxygen atoms in total. The second-order valence-corrected chi connectivity index (χ2v) is 13.2. The van der Waals surface area contributed by atoms with E-state index >= 15 is 0 Å². The standard InChI is InChI=1S/C36H48N4O9/c1-6-36(5,33(46)38-28(24-16-9-7-10-17-24)30(42)40-22-15-21-27(40)31(43)44)39-29(41)26(37-34(47)49-35(2,3)4)20-13-14-23-48-32(45)25-18-11-8-12-19-25/h7-12,16-19,26-28H,6,13-15,20-23H2,1-5H3,(H,37,47)(H,38,46)(H,39,41)(H,43,44)/t26-,27+,28-,36-/m0/s1. The van der Waals surface area contributed by atoms with Crippen LogP contribution in [0.15, 0.2) is 60.7 Å². The van der Waals surface area contributed by atoms with Gasteiger partial charge in [0.15, 0.2) is 0 Å². The third-order valence-electron chi connectivity index (χ3n) is 8.22. The average molecular weight is 681 g/mol. The highest BCUT2D eigenvalue weighted by Gasteiger charge is 2.42. The van der Waals surface area contributed by atoms with Crippen LogP contribution < -0.4 is 16.0 Å². The van der Waals surface area contributed by atoms with Crippen LogP contribution in [0.5, 0.6) is 0 Å². The molecule has 0 aliphatic carbocycles. The van der Waals surface area contributed by atoms with Crippen molar-refractivity contribution < 1.29 is 43.3 Å². The topological polar surface area (TPSA) is 180 Å². The highest BCUT2D eigenvalue weighted by molar-refractivity contribution is 5.97. The quantitative estimate of drug-likeness (QED) is 0.159. The Morgan fingerprint density at radius 3 is 2.14 bits per heavy atom. The summed E-state index contributed by atoms with van der Waals surface area (Å²) in [7, 11) is 0. The number of likely N-dealkylation sites (tertiary alicyclic amines) is 1. The van der Waals surface area contributed by atoms with Crippen molar-refractivity contribution in [3.05, 3.63) is 71.8 Å². The van der Waals surface area contributed by atoms with E-state index in [1.54, 1.807) is 88.4 Å². The van der Waals surface area contributed by atoms with Gasteiger partial charge in [-0.2, -0.15) is 0 Å². The zero-order valence-corrected chi connectivity index (χ0v) is 28.8. The molecule has 13 heteroatoms. The van der Waals surface area contributed by atoms with Gasteiger partial charge in [-0.1, -0.05) is 55.5 Å². The molecule has 0 unspecified atom stereocenters. The molecular formula is C36H48N4O9. The van der Waals surface area contributed by atoms with Crippen molar-refractivity contribution in [2.45, 2.75) is 102 Å². The Bertz CT molecular complexity index is 1460. The van der Waals surface area contributed by atoms with Gasteiger partial charge in [-0.15, -0.1) is 0 Å². The van der Waals surface area contributed by atoms with Crippen LogP contribution in [0.25, 0.3) is 0 Å². The Morgan fingerprint density at radius 1 is 0.918 bits per heavy atom. The van der Waals surface area contributed by atoms with Crippen LogP contribution in [-0.2, 0) is 28.7 Å². The smallest absolute Gasteiger partial charge is 0.408 e. The molecule has 0 bridgehead atoms. The summed E-state index contributed by atoms with van der Waals surface area (Å²) < 4.78 is 10.7. The fraction of sp³-hybridized carbons (Fsp3) is 0.500. The Kier molecular flexibility index (Phi) is 13.7. The molecule has 0 spiro atoms. The lowest BCUT2D eigenvalue weighted by atomic mass is 9.94. The van der Waals surface area contributed by atoms with Gasteiger partial charge in [0.1, 0.15) is 29.3 Å². The molecule has 2 aromatic rings. The lowest BCUT2D eigenvalue weighted by Crippen LogP contribution is -2.61. The number of carbonyl (C=O) groups excluding carboxylic acids is 5. The first kappa shape index (κ1) is 38.5. The van der Waals surface area contributed by atoms with E-state index in [1.807, 2.05) is 0 Å². The van der Waals surface area contributed by atoms with Crippen LogP contribution in [0, 0.1) is 0 Å². The Balaban J connectivity index is 1.73. The molecule has 3 rings (SSSR count). The lowest BCUT2D eigenvalue weighted by molar-refractivity contribution is -0.149. The normalized spacial score (nSPS) is 16.8. The predicted octanol–water partition coefficient (Wildman–Crippen LogP) is 4.13. The summed E-state index contributed by atoms with van der Waals surface area (Å²) >= 11 is 0. The number of hydrogen-bond acceptors (Lipinski definition) is 8. The number of carbonyl (C=O) groups is 6. The number of hydrogen-bond donors (Lipinski definition) is 4. The van der Waals surface area contributed by atoms with E-state index in [4.69, 9.17) is 9.47 Å². The number of rotatable bonds is 15. The summed E-state index contributed by atoms with van der Waals surface area (Å²) in [6.45, 7) is 8.59. The summed E-state index contributed by atoms with van der Waals surface area (Å²) in [5.41, 5.74) is -1.48. The van der Waals surface area contributed by atoms with Crippen LogP contribution in [0.1, 0.15) is 95.1 Å². The minimum atomic E-state index is -1.53. The van der Waals surface area contributed by atoms with Gasteiger partial charge in [0, 0.05) is 6.54 Å². The summed E-state index contributed by atoms with van der Waals surface area (Å²) in [6, 6.07) is 13.7. The van der Waals surface area contributed by atoms with Crippen LogP contribution in [0.4, 0.5) is 4.79 Å². The van der Waals surface area contributed by atoms with Crippen molar-refractivity contribution in [1.82, 2.24) is 20.9 Å². The van der Waals surface area contributed by atoms with Gasteiger partial charge in [0.25, 0.3) is 5.91 Å². The molecule has 1 aliphatic heterocycles. The zero-order valence-electron chi connectivity index (χ0n) is 28.8. The number of unbranched alkanes of at least 4 members (excludes halogenated alkanes) is 1. The third kappa shape index (κ3) is 11.3. The number of benzene rings is 2. The van der Waals surface area contributed by atoms with Crippen LogP contribution in [0.2, 0.25) is 0 Å². The third-order valence-corrected chi connectivity index (χ3v) is 8.22. The SMILES string of the molecule is CC[C@](C)(NC(=O)[C@H](CCCCOC(=O)c1ccccc1)NC(=O)OC(C)(C)C)C(=O)N[C@H](C(=O)N1CCC[C@@H]1C(=O)O)c1ccccc1. The minimum absolute atomic E-state index is 0.0955. The average Bonchev–Trinajstić information content (AvgIpc) is 3.56. The van der Waals surface area contributed by atoms with Crippen molar-refractivity contribution in [2.75, 3.05) is 13.2 Å². The fourth-order valence-electron chi connectivity index (χ4n) is 5.33. The highest BCUT2D eigenvalue weighted by atomic mass is 16.6. The zero-order chi connectivity index (χ0) is 36.2. The van der Waals surface area contributed by atoms with Crippen LogP contribution >= 0.6 is 0 Å². The second-order valence-electron chi connectivity index (χ2n) is 13.2. The summed E-state index contributed by atoms with van der Waals surface area (Å²) in [5, 5.41) is 17.8. The molecule has 0 radical (unpaired) electrons. The minimum Gasteiger partial charge on any atom is -0.480 e. The maximum Gasteiger partial charge on any atom is 0.408 e. The van der Waals surface area contributed by atoms with Crippen LogP contribution in [0.3, 0.4) is 0 Å². The fourth-order valence-corrected chi connectivity index (χ4v) is 5.33. The van der Waals surface area contributed by atoms with Crippen molar-refractivity contribution in [2.24, 2.45) is 0 Å². The van der Waals surface area contributed by atoms with E-state index in [0.29, 0.717) is 36.8 Å². The number of nitrogens with zero attached hydrogens (tertiary/aromatic N) is 1. The number of carboxylic acids is 1. The molecule has 1 fully saturated rings. The van der Waals surface area contributed by atoms with Gasteiger partial charge in [0.2, 0.25) is 11.8 Å². The van der Waals surface area contributed by atoms with Gasteiger partial charge in [-0.25, -0.2) is 14.4 Å². The Morgan fingerprint density at radius 2 is 1.55 bits per heavy atom. The number of aliphatic carboxylic acids is 1. The molecule has 49 heavy (non-hydrogen) atoms. The lowest BCUT2D eigenvalue weighted by Gasteiger charge is -2.34. The van der Waals surface area contributed by atoms with Crippen molar-refractivity contribution >= 4 is 35.8 Å². The van der Waals surface area contributed by atoms with E-state index in [9.17, 15) is 33.9 Å². The molecule has 4 amide bonds. The Labute approximate surface area is 287 Å². The Hall–Kier alpha value is -4.94. The number of ether oxygens (including phenoxy) is 2. The first-order chi connectivity index (χ1) is 23.1. The van der Waals surface area contributed by atoms with Crippen molar-refractivity contribution in [3.63, 3.8) is 0 Å². The van der Waals surface area contributed by atoms with Gasteiger partial charge in [0.05, 0.1) is 12.2 Å². The molecular weight excluding hydrogens is 632 g/mol. The molecule has 4 N–H and O–H groups in total. The molecule has 2 aromatic carbocycles. The molecule has 1 saturated heterocycles. The van der Waals surface area contributed by atoms with Gasteiger partial charge >= 0.3 is 18.0 Å². The van der Waals surface area contributed by atoms with E-state index in [1.165, 1.54) is 11.8 Å². The molecule has 1 aliphatic rings. The molecule has 266 valence electrons. The van der Waals surface area contributed by atoms with Gasteiger partial charge < -0.3 is 35.4 Å². The summed E-state index contributed by atoms with van der Waals surface area (Å²) in [5.74, 6) is -3.47. The summed E-state index contributed by atoms with van der Waals surface area (Å²) in [6.07, 6.45) is 1.06. The van der Waals surface area contributed by atoms with Gasteiger partial charge in [-0.3, -0.25) is 14.4 Å². The number of alkyl carbamates (subject to hydrolysis) is 1. The van der Waals surface area contributed by atoms with E-state index in [0.717, 1.165) is 0 Å². The summed E-state index contributed by atoms with van der Waals surface area (Å²) in [4.78, 5) is 79.4. The highest BCUT2D eigenvalue weighted by Crippen LogP contribution is 2.25. The molecule has 1 heterocycles. The maximum atomic E-state index is 13.9. The molecule has 4 atom stereocenters. The number of nitrogens with one attached hydrogen (secondary N) is 3. The predicted molar refractivity (Wildman–Crippen MR) is 180 cm³/mol.